The fourth-order valence-corrected chi connectivity index (χ4v) is 4.98. The second-order valence-corrected chi connectivity index (χ2v) is 8.07. The van der Waals surface area contributed by atoms with Crippen molar-refractivity contribution in [3.8, 4) is 5.75 Å². The van der Waals surface area contributed by atoms with Gasteiger partial charge in [-0.1, -0.05) is 0 Å². The lowest BCUT2D eigenvalue weighted by Gasteiger charge is -2.29. The maximum Gasteiger partial charge on any atom is 0.255 e. The molecule has 7 heteroatoms. The summed E-state index contributed by atoms with van der Waals surface area (Å²) < 4.78 is 6.00. The molecule has 5 rings (SSSR count). The van der Waals surface area contributed by atoms with Gasteiger partial charge in [0, 0.05) is 30.6 Å². The van der Waals surface area contributed by atoms with Gasteiger partial charge in [-0.05, 0) is 55.4 Å². The van der Waals surface area contributed by atoms with Crippen molar-refractivity contribution in [3.05, 3.63) is 29.3 Å². The van der Waals surface area contributed by atoms with E-state index in [9.17, 15) is 14.4 Å². The van der Waals surface area contributed by atoms with E-state index in [0.717, 1.165) is 11.3 Å². The Balaban J connectivity index is 1.26. The summed E-state index contributed by atoms with van der Waals surface area (Å²) in [5, 5.41) is 5.95. The van der Waals surface area contributed by atoms with E-state index in [-0.39, 0.29) is 24.1 Å². The number of fused-ring (bicyclic) bond motifs is 3. The normalized spacial score (nSPS) is 32.0. The summed E-state index contributed by atoms with van der Waals surface area (Å²) in [5.74, 6) is 0.669. The summed E-state index contributed by atoms with van der Waals surface area (Å²) in [6.45, 7) is 1.02. The van der Waals surface area contributed by atoms with Crippen molar-refractivity contribution >= 4 is 17.7 Å². The largest absolute Gasteiger partial charge is 0.492 e. The van der Waals surface area contributed by atoms with Gasteiger partial charge >= 0.3 is 0 Å². The van der Waals surface area contributed by atoms with Crippen LogP contribution in [-0.4, -0.2) is 47.4 Å². The van der Waals surface area contributed by atoms with E-state index in [0.29, 0.717) is 43.1 Å². The second kappa shape index (κ2) is 6.34. The topological polar surface area (TPSA) is 87.7 Å². The third-order valence-electron chi connectivity index (χ3n) is 6.42. The Labute approximate surface area is 157 Å². The van der Waals surface area contributed by atoms with Crippen LogP contribution in [0.5, 0.6) is 5.75 Å². The highest BCUT2D eigenvalue weighted by molar-refractivity contribution is 6.05. The number of carbonyl (C=O) groups is 3. The average Bonchev–Trinajstić information content (AvgIpc) is 3.35. The number of ether oxygens (including phenoxy) is 1. The molecule has 1 saturated carbocycles. The van der Waals surface area contributed by atoms with Gasteiger partial charge in [0.25, 0.3) is 5.91 Å². The van der Waals surface area contributed by atoms with Gasteiger partial charge in [-0.15, -0.1) is 0 Å². The molecule has 2 N–H and O–H groups in total. The zero-order chi connectivity index (χ0) is 18.5. The van der Waals surface area contributed by atoms with Crippen LogP contribution in [0.4, 0.5) is 0 Å². The fraction of sp³-hybridized carbons (Fsp3) is 0.550. The fourth-order valence-electron chi connectivity index (χ4n) is 4.98. The summed E-state index contributed by atoms with van der Waals surface area (Å²) in [6.07, 6.45) is 4.46. The molecule has 1 aliphatic carbocycles. The van der Waals surface area contributed by atoms with Crippen molar-refractivity contribution in [2.45, 2.75) is 56.8 Å². The smallest absolute Gasteiger partial charge is 0.255 e. The minimum absolute atomic E-state index is 0.152. The Morgan fingerprint density at radius 3 is 2.78 bits per heavy atom. The van der Waals surface area contributed by atoms with Gasteiger partial charge in [-0.3, -0.25) is 19.7 Å². The number of rotatable bonds is 4. The molecule has 4 aliphatic rings. The lowest BCUT2D eigenvalue weighted by atomic mass is 10.0. The molecule has 1 aromatic carbocycles. The summed E-state index contributed by atoms with van der Waals surface area (Å²) in [5.41, 5.74) is 1.49. The Morgan fingerprint density at radius 1 is 1.15 bits per heavy atom. The maximum absolute atomic E-state index is 12.7. The first-order valence-corrected chi connectivity index (χ1v) is 9.75. The molecule has 3 amide bonds. The van der Waals surface area contributed by atoms with Crippen LogP contribution in [-0.2, 0) is 16.1 Å². The monoisotopic (exact) mass is 369 g/mol. The first-order valence-electron chi connectivity index (χ1n) is 9.75. The van der Waals surface area contributed by atoms with Gasteiger partial charge in [0.05, 0.1) is 0 Å². The molecule has 3 aliphatic heterocycles. The first kappa shape index (κ1) is 16.7. The van der Waals surface area contributed by atoms with Gasteiger partial charge in [0.15, 0.2) is 0 Å². The number of amides is 3. The van der Waals surface area contributed by atoms with Crippen molar-refractivity contribution < 1.29 is 19.1 Å². The van der Waals surface area contributed by atoms with Crippen molar-refractivity contribution in [2.24, 2.45) is 5.92 Å². The highest BCUT2D eigenvalue weighted by Gasteiger charge is 2.40. The highest BCUT2D eigenvalue weighted by atomic mass is 16.5. The number of nitrogens with zero attached hydrogens (tertiary/aromatic N) is 1. The van der Waals surface area contributed by atoms with Crippen LogP contribution in [0.25, 0.3) is 0 Å². The lowest BCUT2D eigenvalue weighted by Crippen LogP contribution is -2.52. The number of hydrogen-bond donors (Lipinski definition) is 2. The molecule has 4 atom stereocenters. The molecule has 0 spiro atoms. The van der Waals surface area contributed by atoms with Crippen LogP contribution in [0.2, 0.25) is 0 Å². The van der Waals surface area contributed by atoms with Crippen molar-refractivity contribution in [1.29, 1.82) is 0 Å². The van der Waals surface area contributed by atoms with Crippen molar-refractivity contribution in [2.75, 3.05) is 6.61 Å². The zero-order valence-electron chi connectivity index (χ0n) is 15.1. The summed E-state index contributed by atoms with van der Waals surface area (Å²) in [6, 6.07) is 6.02. The van der Waals surface area contributed by atoms with Crippen molar-refractivity contribution in [3.63, 3.8) is 0 Å². The van der Waals surface area contributed by atoms with E-state index in [1.807, 2.05) is 12.1 Å². The van der Waals surface area contributed by atoms with E-state index in [4.69, 9.17) is 4.74 Å². The third kappa shape index (κ3) is 2.90. The SMILES string of the molecule is O=C1CCC(N2Cc3cc(OC[C@H]4N[C@@H]5CC[C@H]4C5)ccc3C2=O)C(=O)N1. The Kier molecular flexibility index (Phi) is 3.93. The number of piperidine rings is 2. The van der Waals surface area contributed by atoms with Crippen LogP contribution in [0.1, 0.15) is 48.0 Å². The zero-order valence-corrected chi connectivity index (χ0v) is 15.1. The number of benzene rings is 1. The maximum atomic E-state index is 12.7. The molecule has 7 nitrogen and oxygen atoms in total. The molecule has 3 fully saturated rings. The van der Waals surface area contributed by atoms with Crippen LogP contribution in [0.3, 0.4) is 0 Å². The minimum Gasteiger partial charge on any atom is -0.492 e. The molecule has 0 radical (unpaired) electrons. The van der Waals surface area contributed by atoms with E-state index in [2.05, 4.69) is 10.6 Å². The molecule has 3 heterocycles. The van der Waals surface area contributed by atoms with E-state index in [1.54, 1.807) is 11.0 Å². The number of carbonyl (C=O) groups excluding carboxylic acids is 3. The summed E-state index contributed by atoms with van der Waals surface area (Å²) in [7, 11) is 0. The molecular weight excluding hydrogens is 346 g/mol. The molecule has 2 bridgehead atoms. The molecule has 0 aromatic heterocycles. The third-order valence-corrected chi connectivity index (χ3v) is 6.42. The molecule has 1 aromatic rings. The van der Waals surface area contributed by atoms with Gasteiger partial charge in [-0.2, -0.15) is 0 Å². The van der Waals surface area contributed by atoms with Gasteiger partial charge in [0.1, 0.15) is 18.4 Å². The number of nitrogens with one attached hydrogen (secondary N) is 2. The Morgan fingerprint density at radius 2 is 2.04 bits per heavy atom. The van der Waals surface area contributed by atoms with E-state index < -0.39 is 6.04 Å². The molecule has 142 valence electrons. The summed E-state index contributed by atoms with van der Waals surface area (Å²) in [4.78, 5) is 37.7. The predicted octanol–water partition coefficient (Wildman–Crippen LogP) is 0.967. The highest BCUT2D eigenvalue weighted by Crippen LogP contribution is 2.36. The van der Waals surface area contributed by atoms with Crippen LogP contribution >= 0.6 is 0 Å². The first-order chi connectivity index (χ1) is 13.1. The minimum atomic E-state index is -0.579. The quantitative estimate of drug-likeness (QED) is 0.772. The molecule has 1 unspecified atom stereocenters. The van der Waals surface area contributed by atoms with E-state index >= 15 is 0 Å². The Bertz CT molecular complexity index is 823. The average molecular weight is 369 g/mol. The summed E-state index contributed by atoms with van der Waals surface area (Å²) >= 11 is 0. The van der Waals surface area contributed by atoms with Crippen LogP contribution in [0, 0.1) is 5.92 Å². The van der Waals surface area contributed by atoms with Gasteiger partial charge in [0.2, 0.25) is 11.8 Å². The van der Waals surface area contributed by atoms with Gasteiger partial charge in [-0.25, -0.2) is 0 Å². The van der Waals surface area contributed by atoms with Crippen LogP contribution in [0.15, 0.2) is 18.2 Å². The van der Waals surface area contributed by atoms with Crippen molar-refractivity contribution in [1.82, 2.24) is 15.5 Å². The Hall–Kier alpha value is -2.41. The molecule has 27 heavy (non-hydrogen) atoms. The molecular formula is C20H23N3O4. The second-order valence-electron chi connectivity index (χ2n) is 8.07. The number of hydrogen-bond acceptors (Lipinski definition) is 5. The predicted molar refractivity (Wildman–Crippen MR) is 96.0 cm³/mol. The number of imide groups is 1. The molecule has 2 saturated heterocycles. The lowest BCUT2D eigenvalue weighted by molar-refractivity contribution is -0.136. The van der Waals surface area contributed by atoms with Gasteiger partial charge < -0.3 is 15.0 Å². The van der Waals surface area contributed by atoms with Crippen LogP contribution < -0.4 is 15.4 Å². The standard InChI is InChI=1S/C20H23N3O4/c24-18-6-5-17(19(25)22-18)23-9-12-8-14(3-4-15(12)20(23)26)27-10-16-11-1-2-13(7-11)21-16/h3-4,8,11,13,16-17,21H,1-2,5-7,9-10H2,(H,22,24,25)/t11-,13+,16+,17?/m0/s1. The van der Waals surface area contributed by atoms with E-state index in [1.165, 1.54) is 19.3 Å².